The Morgan fingerprint density at radius 3 is 2.61 bits per heavy atom. The molecule has 3 N–H and O–H groups in total. The van der Waals surface area contributed by atoms with E-state index in [-0.39, 0.29) is 0 Å². The van der Waals surface area contributed by atoms with E-state index in [9.17, 15) is 13.2 Å². The van der Waals surface area contributed by atoms with Crippen LogP contribution in [0.3, 0.4) is 0 Å². The number of benzene rings is 1. The number of hydrogen-bond acceptors (Lipinski definition) is 4. The maximum Gasteiger partial charge on any atom is 0.490 e. The van der Waals surface area contributed by atoms with Crippen LogP contribution in [-0.4, -0.2) is 37.5 Å². The summed E-state index contributed by atoms with van der Waals surface area (Å²) >= 11 is 0. The lowest BCUT2D eigenvalue weighted by Crippen LogP contribution is -2.21. The minimum Gasteiger partial charge on any atom is -0.496 e. The van der Waals surface area contributed by atoms with Crippen molar-refractivity contribution in [2.45, 2.75) is 24.9 Å². The normalized spacial score (nSPS) is 21.6. The third-order valence-corrected chi connectivity index (χ3v) is 3.94. The fraction of sp³-hybridized carbons (Fsp3) is 0.533. The van der Waals surface area contributed by atoms with Crippen molar-refractivity contribution in [1.82, 2.24) is 0 Å². The first-order chi connectivity index (χ1) is 10.8. The number of rotatable bonds is 3. The van der Waals surface area contributed by atoms with Crippen LogP contribution in [0.4, 0.5) is 13.2 Å². The second kappa shape index (κ2) is 6.66. The lowest BCUT2D eigenvalue weighted by Gasteiger charge is -2.12. The van der Waals surface area contributed by atoms with Crippen molar-refractivity contribution in [1.29, 1.82) is 0 Å². The molecule has 5 nitrogen and oxygen atoms in total. The molecular formula is C15H18F3NO4. The first-order valence-corrected chi connectivity index (χ1v) is 7.12. The van der Waals surface area contributed by atoms with E-state index >= 15 is 0 Å². The number of halogens is 3. The largest absolute Gasteiger partial charge is 0.496 e. The number of methoxy groups -OCH3 is 1. The van der Waals surface area contributed by atoms with Gasteiger partial charge in [-0.15, -0.1) is 0 Å². The number of alkyl halides is 3. The summed E-state index contributed by atoms with van der Waals surface area (Å²) in [6.45, 7) is 1.58. The Hall–Kier alpha value is -1.96. The van der Waals surface area contributed by atoms with Crippen molar-refractivity contribution in [2.24, 2.45) is 11.7 Å². The molecule has 0 radical (unpaired) electrons. The Labute approximate surface area is 131 Å². The zero-order valence-corrected chi connectivity index (χ0v) is 12.5. The lowest BCUT2D eigenvalue weighted by molar-refractivity contribution is -0.192. The molecule has 1 saturated carbocycles. The highest BCUT2D eigenvalue weighted by molar-refractivity contribution is 5.73. The maximum absolute atomic E-state index is 10.6. The van der Waals surface area contributed by atoms with Gasteiger partial charge in [0.15, 0.2) is 0 Å². The van der Waals surface area contributed by atoms with Gasteiger partial charge >= 0.3 is 12.1 Å². The van der Waals surface area contributed by atoms with Crippen LogP contribution in [0.25, 0.3) is 0 Å². The minimum atomic E-state index is -5.08. The second-order valence-electron chi connectivity index (χ2n) is 5.40. The Bertz CT molecular complexity index is 589. The van der Waals surface area contributed by atoms with E-state index in [4.69, 9.17) is 25.1 Å². The summed E-state index contributed by atoms with van der Waals surface area (Å²) in [6, 6.07) is 4.04. The predicted molar refractivity (Wildman–Crippen MR) is 75.8 cm³/mol. The molecule has 23 heavy (non-hydrogen) atoms. The molecule has 1 fully saturated rings. The number of carbonyl (C=O) groups is 1. The third-order valence-electron chi connectivity index (χ3n) is 3.94. The van der Waals surface area contributed by atoms with Gasteiger partial charge in [-0.3, -0.25) is 0 Å². The van der Waals surface area contributed by atoms with Gasteiger partial charge in [0.2, 0.25) is 0 Å². The van der Waals surface area contributed by atoms with Crippen molar-refractivity contribution < 1.29 is 32.5 Å². The molecule has 128 valence electrons. The first-order valence-electron chi connectivity index (χ1n) is 7.12. The molecule has 2 atom stereocenters. The van der Waals surface area contributed by atoms with Crippen molar-refractivity contribution in [3.63, 3.8) is 0 Å². The number of carboxylic acid groups (broad SMARTS) is 1. The summed E-state index contributed by atoms with van der Waals surface area (Å²) in [4.78, 5) is 8.90. The number of fused-ring (bicyclic) bond motifs is 1. The zero-order valence-electron chi connectivity index (χ0n) is 12.5. The van der Waals surface area contributed by atoms with E-state index in [0.717, 1.165) is 31.1 Å². The number of nitrogens with two attached hydrogens (primary N) is 1. The van der Waals surface area contributed by atoms with Crippen molar-refractivity contribution in [3.05, 3.63) is 23.3 Å². The Balaban J connectivity index is 0.000000236. The quantitative estimate of drug-likeness (QED) is 0.887. The molecular weight excluding hydrogens is 315 g/mol. The van der Waals surface area contributed by atoms with E-state index in [1.807, 2.05) is 12.1 Å². The van der Waals surface area contributed by atoms with Crippen LogP contribution in [0.1, 0.15) is 23.5 Å². The summed E-state index contributed by atoms with van der Waals surface area (Å²) in [6.07, 6.45) is -2.88. The number of hydrogen-bond donors (Lipinski definition) is 2. The molecule has 1 aliphatic carbocycles. The average Bonchev–Trinajstić information content (AvgIpc) is 3.11. The number of carboxylic acids is 1. The minimum absolute atomic E-state index is 0.594. The van der Waals surface area contributed by atoms with Gasteiger partial charge in [0, 0.05) is 17.5 Å². The van der Waals surface area contributed by atoms with Gasteiger partial charge in [-0.2, -0.15) is 13.2 Å². The molecule has 0 saturated heterocycles. The third kappa shape index (κ3) is 3.87. The summed E-state index contributed by atoms with van der Waals surface area (Å²) in [5, 5.41) is 7.12. The smallest absolute Gasteiger partial charge is 0.490 e. The maximum atomic E-state index is 10.6. The Kier molecular flexibility index (Phi) is 5.03. The summed E-state index contributed by atoms with van der Waals surface area (Å²) in [5.74, 6) is 0.522. The van der Waals surface area contributed by atoms with Crippen LogP contribution in [0.5, 0.6) is 11.5 Å². The SMILES string of the molecule is COc1ccc2c(c1[C@@H]1C[C@H]1CN)CCO2.O=C(O)C(F)(F)F. The van der Waals surface area contributed by atoms with Crippen LogP contribution in [0.15, 0.2) is 12.1 Å². The van der Waals surface area contributed by atoms with Gasteiger partial charge in [-0.05, 0) is 36.9 Å². The second-order valence-corrected chi connectivity index (χ2v) is 5.40. The van der Waals surface area contributed by atoms with Gasteiger partial charge in [-0.1, -0.05) is 0 Å². The van der Waals surface area contributed by atoms with Gasteiger partial charge in [0.1, 0.15) is 11.5 Å². The molecule has 2 aliphatic rings. The van der Waals surface area contributed by atoms with Crippen LogP contribution < -0.4 is 15.2 Å². The molecule has 1 aliphatic heterocycles. The Morgan fingerprint density at radius 1 is 1.48 bits per heavy atom. The van der Waals surface area contributed by atoms with Gasteiger partial charge < -0.3 is 20.3 Å². The monoisotopic (exact) mass is 333 g/mol. The molecule has 1 aromatic carbocycles. The highest BCUT2D eigenvalue weighted by Crippen LogP contribution is 2.53. The van der Waals surface area contributed by atoms with Crippen molar-refractivity contribution in [2.75, 3.05) is 20.3 Å². The van der Waals surface area contributed by atoms with Crippen molar-refractivity contribution >= 4 is 5.97 Å². The average molecular weight is 333 g/mol. The number of aliphatic carboxylic acids is 1. The summed E-state index contributed by atoms with van der Waals surface area (Å²) in [5.41, 5.74) is 8.43. The molecule has 1 aromatic rings. The van der Waals surface area contributed by atoms with E-state index < -0.39 is 12.1 Å². The fourth-order valence-corrected chi connectivity index (χ4v) is 2.73. The fourth-order valence-electron chi connectivity index (χ4n) is 2.73. The van der Waals surface area contributed by atoms with Crippen LogP contribution in [0, 0.1) is 5.92 Å². The van der Waals surface area contributed by atoms with Crippen molar-refractivity contribution in [3.8, 4) is 11.5 Å². The van der Waals surface area contributed by atoms with E-state index in [1.54, 1.807) is 7.11 Å². The van der Waals surface area contributed by atoms with E-state index in [1.165, 1.54) is 17.5 Å². The standard InChI is InChI=1S/C13H17NO2.C2HF3O2/c1-15-12-3-2-11-9(4-5-16-11)13(12)10-6-8(10)7-14;3-2(4,5)1(6)7/h2-3,8,10H,4-7,14H2,1H3;(H,6,7)/t8-,10+;/m0./s1. The van der Waals surface area contributed by atoms with Gasteiger partial charge in [0.05, 0.1) is 13.7 Å². The van der Waals surface area contributed by atoms with Gasteiger partial charge in [0.25, 0.3) is 0 Å². The van der Waals surface area contributed by atoms with Crippen LogP contribution in [-0.2, 0) is 11.2 Å². The molecule has 0 spiro atoms. The van der Waals surface area contributed by atoms with Gasteiger partial charge in [-0.25, -0.2) is 4.79 Å². The predicted octanol–water partition coefficient (Wildman–Crippen LogP) is 2.33. The van der Waals surface area contributed by atoms with Crippen LogP contribution >= 0.6 is 0 Å². The number of ether oxygens (including phenoxy) is 2. The molecule has 0 amide bonds. The Morgan fingerprint density at radius 2 is 2.13 bits per heavy atom. The molecule has 0 unspecified atom stereocenters. The molecule has 1 heterocycles. The highest BCUT2D eigenvalue weighted by Gasteiger charge is 2.41. The molecule has 0 bridgehead atoms. The topological polar surface area (TPSA) is 81.8 Å². The molecule has 0 aromatic heterocycles. The lowest BCUT2D eigenvalue weighted by atomic mass is 9.98. The summed E-state index contributed by atoms with van der Waals surface area (Å²) < 4.78 is 42.8. The van der Waals surface area contributed by atoms with E-state index in [2.05, 4.69) is 0 Å². The highest BCUT2D eigenvalue weighted by atomic mass is 19.4. The molecule has 3 rings (SSSR count). The van der Waals surface area contributed by atoms with Crippen LogP contribution in [0.2, 0.25) is 0 Å². The first kappa shape index (κ1) is 17.4. The van der Waals surface area contributed by atoms with E-state index in [0.29, 0.717) is 11.8 Å². The zero-order chi connectivity index (χ0) is 17.2. The summed E-state index contributed by atoms with van der Waals surface area (Å²) in [7, 11) is 1.74. The molecule has 8 heteroatoms.